The zero-order valence-electron chi connectivity index (χ0n) is 19.3. The normalized spacial score (nSPS) is 18.0. The fraction of sp³-hybridized carbons (Fsp3) is 0.280. The van der Waals surface area contributed by atoms with Crippen LogP contribution in [0.3, 0.4) is 0 Å². The number of nitrogens with one attached hydrogen (secondary N) is 3. The van der Waals surface area contributed by atoms with Crippen molar-refractivity contribution in [2.75, 3.05) is 30.3 Å². The van der Waals surface area contributed by atoms with Crippen LogP contribution in [0.5, 0.6) is 0 Å². The highest BCUT2D eigenvalue weighted by atomic mass is 35.5. The minimum atomic E-state index is -0.669. The van der Waals surface area contributed by atoms with Crippen molar-refractivity contribution in [1.82, 2.24) is 19.9 Å². The Morgan fingerprint density at radius 2 is 2.06 bits per heavy atom. The van der Waals surface area contributed by atoms with Gasteiger partial charge in [0.1, 0.15) is 11.9 Å². The average molecular weight is 493 g/mol. The number of ether oxygens (including phenoxy) is 1. The number of aromatic nitrogens is 3. The molecule has 4 aromatic rings. The first-order chi connectivity index (χ1) is 16.8. The van der Waals surface area contributed by atoms with Crippen molar-refractivity contribution < 1.29 is 14.3 Å². The quantitative estimate of drug-likeness (QED) is 0.390. The lowest BCUT2D eigenvalue weighted by atomic mass is 10.0. The van der Waals surface area contributed by atoms with Crippen LogP contribution in [-0.2, 0) is 14.3 Å². The number of pyridine rings is 2. The molecule has 35 heavy (non-hydrogen) atoms. The summed E-state index contributed by atoms with van der Waals surface area (Å²) in [6.45, 7) is 4.44. The first-order valence-electron chi connectivity index (χ1n) is 11.2. The monoisotopic (exact) mass is 492 g/mol. The Kier molecular flexibility index (Phi) is 6.14. The number of amides is 2. The largest absolute Gasteiger partial charge is 0.372 e. The Labute approximate surface area is 206 Å². The van der Waals surface area contributed by atoms with Gasteiger partial charge in [-0.25, -0.2) is 4.98 Å². The van der Waals surface area contributed by atoms with E-state index in [2.05, 4.69) is 25.6 Å². The summed E-state index contributed by atoms with van der Waals surface area (Å²) in [5.74, 6) is -0.0837. The van der Waals surface area contributed by atoms with Gasteiger partial charge in [0, 0.05) is 34.7 Å². The number of halogens is 1. The van der Waals surface area contributed by atoms with Crippen LogP contribution < -0.4 is 10.6 Å². The van der Waals surface area contributed by atoms with Crippen molar-refractivity contribution in [1.29, 1.82) is 0 Å². The second-order valence-corrected chi connectivity index (χ2v) is 9.60. The smallest absolute Gasteiger partial charge is 0.244 e. The van der Waals surface area contributed by atoms with Crippen molar-refractivity contribution in [3.05, 3.63) is 60.0 Å². The van der Waals surface area contributed by atoms with Crippen LogP contribution in [0.1, 0.15) is 13.8 Å². The number of hydrogen-bond acceptors (Lipinski definition) is 6. The Morgan fingerprint density at radius 1 is 1.20 bits per heavy atom. The maximum absolute atomic E-state index is 13.5. The first kappa shape index (κ1) is 23.2. The number of morpholine rings is 1. The second-order valence-electron chi connectivity index (χ2n) is 9.17. The molecule has 1 fully saturated rings. The fourth-order valence-corrected chi connectivity index (χ4v) is 4.62. The molecule has 0 aliphatic carbocycles. The van der Waals surface area contributed by atoms with E-state index in [4.69, 9.17) is 16.3 Å². The SMILES string of the molecule is CC1(C)CN(CC(=O)Nc2ccccn2)[C@@H](C(=O)Nc2cc(Cl)cc3c2[nH]c2cnccc23)CO1. The summed E-state index contributed by atoms with van der Waals surface area (Å²) >= 11 is 6.39. The molecule has 2 amide bonds. The van der Waals surface area contributed by atoms with E-state index < -0.39 is 11.6 Å². The Bertz CT molecular complexity index is 1400. The van der Waals surface area contributed by atoms with Crippen LogP contribution in [0.25, 0.3) is 21.8 Å². The highest BCUT2D eigenvalue weighted by Crippen LogP contribution is 2.33. The lowest BCUT2D eigenvalue weighted by Gasteiger charge is -2.42. The third kappa shape index (κ3) is 4.97. The van der Waals surface area contributed by atoms with E-state index in [1.165, 1.54) is 0 Å². The molecule has 1 aliphatic heterocycles. The van der Waals surface area contributed by atoms with E-state index in [1.54, 1.807) is 42.9 Å². The topological polar surface area (TPSA) is 112 Å². The number of benzene rings is 1. The van der Waals surface area contributed by atoms with E-state index in [1.807, 2.05) is 30.9 Å². The molecule has 1 atom stereocenters. The van der Waals surface area contributed by atoms with Gasteiger partial charge in [-0.1, -0.05) is 17.7 Å². The molecule has 180 valence electrons. The summed E-state index contributed by atoms with van der Waals surface area (Å²) < 4.78 is 5.94. The molecular weight excluding hydrogens is 468 g/mol. The highest BCUT2D eigenvalue weighted by molar-refractivity contribution is 6.33. The maximum atomic E-state index is 13.5. The third-order valence-corrected chi connectivity index (χ3v) is 6.19. The molecule has 1 saturated heterocycles. The molecule has 0 unspecified atom stereocenters. The lowest BCUT2D eigenvalue weighted by Crippen LogP contribution is -2.59. The molecule has 0 spiro atoms. The molecule has 1 aromatic carbocycles. The van der Waals surface area contributed by atoms with Crippen molar-refractivity contribution in [2.24, 2.45) is 0 Å². The molecule has 0 bridgehead atoms. The number of H-pyrrole nitrogens is 1. The number of aromatic amines is 1. The Morgan fingerprint density at radius 3 is 2.86 bits per heavy atom. The van der Waals surface area contributed by atoms with Gasteiger partial charge >= 0.3 is 0 Å². The number of rotatable bonds is 5. The molecule has 10 heteroatoms. The van der Waals surface area contributed by atoms with Gasteiger partial charge in [-0.05, 0) is 44.2 Å². The van der Waals surface area contributed by atoms with Gasteiger partial charge in [-0.2, -0.15) is 0 Å². The minimum absolute atomic E-state index is 0.0183. The molecule has 1 aliphatic rings. The molecule has 3 N–H and O–H groups in total. The molecular formula is C25H25ClN6O3. The summed E-state index contributed by atoms with van der Waals surface area (Å²) in [7, 11) is 0. The van der Waals surface area contributed by atoms with E-state index in [0.29, 0.717) is 23.1 Å². The molecule has 3 aromatic heterocycles. The number of anilines is 2. The van der Waals surface area contributed by atoms with Crippen LogP contribution in [0, 0.1) is 0 Å². The Balaban J connectivity index is 1.39. The molecule has 4 heterocycles. The fourth-order valence-electron chi connectivity index (χ4n) is 4.40. The van der Waals surface area contributed by atoms with Crippen molar-refractivity contribution in [3.8, 4) is 0 Å². The lowest BCUT2D eigenvalue weighted by molar-refractivity contribution is -0.145. The maximum Gasteiger partial charge on any atom is 0.244 e. The molecule has 0 saturated carbocycles. The number of hydrogen-bond donors (Lipinski definition) is 3. The number of carbonyl (C=O) groups is 2. The summed E-state index contributed by atoms with van der Waals surface area (Å²) in [4.78, 5) is 39.6. The standard InChI is InChI=1S/C25H25ClN6O3/c1-25(2)14-32(12-22(33)31-21-5-3-4-7-28-21)20(13-35-25)24(34)30-18-10-15(26)9-17-16-6-8-27-11-19(16)29-23(17)18/h3-11,20,29H,12-14H2,1-2H3,(H,30,34)(H,28,31,33)/t20-/m1/s1. The van der Waals surface area contributed by atoms with Crippen molar-refractivity contribution >= 4 is 56.7 Å². The second kappa shape index (κ2) is 9.26. The van der Waals surface area contributed by atoms with Gasteiger partial charge < -0.3 is 20.4 Å². The van der Waals surface area contributed by atoms with Crippen molar-refractivity contribution in [3.63, 3.8) is 0 Å². The van der Waals surface area contributed by atoms with Crippen LogP contribution >= 0.6 is 11.6 Å². The van der Waals surface area contributed by atoms with E-state index in [-0.39, 0.29) is 25.0 Å². The van der Waals surface area contributed by atoms with Crippen LogP contribution in [0.15, 0.2) is 55.0 Å². The summed E-state index contributed by atoms with van der Waals surface area (Å²) in [5, 5.41) is 8.12. The van der Waals surface area contributed by atoms with Gasteiger partial charge in [-0.3, -0.25) is 19.5 Å². The zero-order chi connectivity index (χ0) is 24.6. The molecule has 9 nitrogen and oxygen atoms in total. The highest BCUT2D eigenvalue weighted by Gasteiger charge is 2.38. The van der Waals surface area contributed by atoms with E-state index >= 15 is 0 Å². The van der Waals surface area contributed by atoms with Gasteiger partial charge in [0.15, 0.2) is 0 Å². The minimum Gasteiger partial charge on any atom is -0.372 e. The Hall–Kier alpha value is -3.53. The van der Waals surface area contributed by atoms with E-state index in [0.717, 1.165) is 21.8 Å². The number of fused-ring (bicyclic) bond motifs is 3. The number of carbonyl (C=O) groups excluding carboxylic acids is 2. The predicted molar refractivity (Wildman–Crippen MR) is 135 cm³/mol. The van der Waals surface area contributed by atoms with Crippen LogP contribution in [-0.4, -0.2) is 63.0 Å². The summed E-state index contributed by atoms with van der Waals surface area (Å²) in [5.41, 5.74) is 1.64. The van der Waals surface area contributed by atoms with Crippen LogP contribution in [0.4, 0.5) is 11.5 Å². The average Bonchev–Trinajstić information content (AvgIpc) is 3.18. The van der Waals surface area contributed by atoms with Gasteiger partial charge in [0.2, 0.25) is 11.8 Å². The molecule has 0 radical (unpaired) electrons. The summed E-state index contributed by atoms with van der Waals surface area (Å²) in [6.07, 6.45) is 5.05. The number of nitrogens with zero attached hydrogens (tertiary/aromatic N) is 3. The summed E-state index contributed by atoms with van der Waals surface area (Å²) in [6, 6.07) is 10.1. The van der Waals surface area contributed by atoms with E-state index in [9.17, 15) is 9.59 Å². The predicted octanol–water partition coefficient (Wildman–Crippen LogP) is 3.82. The third-order valence-electron chi connectivity index (χ3n) is 5.97. The van der Waals surface area contributed by atoms with Crippen molar-refractivity contribution in [2.45, 2.75) is 25.5 Å². The van der Waals surface area contributed by atoms with Crippen LogP contribution in [0.2, 0.25) is 5.02 Å². The van der Waals surface area contributed by atoms with Gasteiger partial charge in [0.25, 0.3) is 0 Å². The first-order valence-corrected chi connectivity index (χ1v) is 11.6. The zero-order valence-corrected chi connectivity index (χ0v) is 20.1. The molecule has 5 rings (SSSR count). The van der Waals surface area contributed by atoms with Gasteiger partial charge in [-0.15, -0.1) is 0 Å². The van der Waals surface area contributed by atoms with Gasteiger partial charge in [0.05, 0.1) is 41.7 Å².